The molecule has 2 aromatic rings. The Morgan fingerprint density at radius 2 is 2.04 bits per heavy atom. The van der Waals surface area contributed by atoms with Crippen molar-refractivity contribution in [3.8, 4) is 0 Å². The van der Waals surface area contributed by atoms with E-state index in [0.29, 0.717) is 38.8 Å². The number of hydrogen-bond donors (Lipinski definition) is 1. The van der Waals surface area contributed by atoms with Gasteiger partial charge < -0.3 is 24.4 Å². The van der Waals surface area contributed by atoms with Gasteiger partial charge in [0.1, 0.15) is 5.82 Å². The maximum Gasteiger partial charge on any atom is 0.292 e. The molecule has 0 spiro atoms. The zero-order valence-electron chi connectivity index (χ0n) is 15.1. The summed E-state index contributed by atoms with van der Waals surface area (Å²) < 4.78 is 10.5. The normalized spacial score (nSPS) is 19.7. The zero-order chi connectivity index (χ0) is 18.2. The Morgan fingerprint density at radius 3 is 2.78 bits per heavy atom. The van der Waals surface area contributed by atoms with E-state index < -0.39 is 0 Å². The predicted octanol–water partition coefficient (Wildman–Crippen LogP) is 1.07. The third kappa shape index (κ3) is 3.34. The van der Waals surface area contributed by atoms with E-state index in [0.717, 1.165) is 49.0 Å². The summed E-state index contributed by atoms with van der Waals surface area (Å²) in [6.45, 7) is 4.09. The molecule has 0 bridgehead atoms. The fourth-order valence-electron chi connectivity index (χ4n) is 3.50. The van der Waals surface area contributed by atoms with Crippen molar-refractivity contribution in [2.75, 3.05) is 43.1 Å². The number of nitrogens with zero attached hydrogens (tertiary/aromatic N) is 5. The van der Waals surface area contributed by atoms with Crippen LogP contribution in [0.15, 0.2) is 16.8 Å². The number of ether oxygens (including phenoxy) is 1. The van der Waals surface area contributed by atoms with Crippen LogP contribution in [0.1, 0.15) is 34.7 Å². The van der Waals surface area contributed by atoms with E-state index in [1.165, 1.54) is 6.20 Å². The van der Waals surface area contributed by atoms with Gasteiger partial charge in [0.05, 0.1) is 31.6 Å². The van der Waals surface area contributed by atoms with Crippen LogP contribution in [0.4, 0.5) is 11.8 Å². The molecule has 2 aliphatic heterocycles. The monoisotopic (exact) mass is 370 g/mol. The van der Waals surface area contributed by atoms with Crippen LogP contribution in [0.3, 0.4) is 0 Å². The topological polar surface area (TPSA) is 96.6 Å². The van der Waals surface area contributed by atoms with Crippen LogP contribution in [0.5, 0.6) is 0 Å². The molecule has 1 aliphatic carbocycles. The maximum atomic E-state index is 12.6. The number of aromatic nitrogens is 3. The van der Waals surface area contributed by atoms with E-state index in [4.69, 9.17) is 19.2 Å². The van der Waals surface area contributed by atoms with Gasteiger partial charge in [-0.05, 0) is 12.8 Å². The Morgan fingerprint density at radius 1 is 1.19 bits per heavy atom. The first-order valence-electron chi connectivity index (χ1n) is 9.47. The Labute approximate surface area is 156 Å². The van der Waals surface area contributed by atoms with Crippen molar-refractivity contribution in [1.29, 1.82) is 0 Å². The number of hydrogen-bond acceptors (Lipinski definition) is 8. The number of fused-ring (bicyclic) bond motifs is 1. The lowest BCUT2D eigenvalue weighted by Crippen LogP contribution is -2.39. The highest BCUT2D eigenvalue weighted by atomic mass is 16.5. The van der Waals surface area contributed by atoms with Crippen molar-refractivity contribution in [2.45, 2.75) is 31.8 Å². The summed E-state index contributed by atoms with van der Waals surface area (Å²) >= 11 is 0. The van der Waals surface area contributed by atoms with E-state index in [-0.39, 0.29) is 11.7 Å². The van der Waals surface area contributed by atoms with Gasteiger partial charge in [0.2, 0.25) is 11.7 Å². The SMILES string of the molecule is O=C(c1ccno1)N1CCc2nc(N3CCOCC3)nc(NC3CC3)c2C1. The fourth-order valence-corrected chi connectivity index (χ4v) is 3.50. The Hall–Kier alpha value is -2.68. The number of nitrogens with one attached hydrogen (secondary N) is 1. The van der Waals surface area contributed by atoms with Crippen LogP contribution >= 0.6 is 0 Å². The number of morpholine rings is 1. The number of amides is 1. The minimum Gasteiger partial charge on any atom is -0.378 e. The van der Waals surface area contributed by atoms with Crippen molar-refractivity contribution in [3.05, 3.63) is 29.3 Å². The van der Waals surface area contributed by atoms with E-state index in [9.17, 15) is 4.79 Å². The molecule has 0 atom stereocenters. The summed E-state index contributed by atoms with van der Waals surface area (Å²) in [5, 5.41) is 7.17. The summed E-state index contributed by atoms with van der Waals surface area (Å²) in [7, 11) is 0. The van der Waals surface area contributed by atoms with Gasteiger partial charge in [0.15, 0.2) is 0 Å². The van der Waals surface area contributed by atoms with Crippen LogP contribution in [-0.2, 0) is 17.7 Å². The van der Waals surface area contributed by atoms with E-state index in [1.54, 1.807) is 11.0 Å². The average Bonchev–Trinajstić information content (AvgIpc) is 3.36. The molecule has 2 fully saturated rings. The molecular formula is C18H22N6O3. The van der Waals surface area contributed by atoms with Crippen molar-refractivity contribution in [2.24, 2.45) is 0 Å². The average molecular weight is 370 g/mol. The second kappa shape index (κ2) is 6.80. The lowest BCUT2D eigenvalue weighted by molar-refractivity contribution is 0.0691. The van der Waals surface area contributed by atoms with Crippen LogP contribution in [-0.4, -0.2) is 64.8 Å². The van der Waals surface area contributed by atoms with Gasteiger partial charge in [-0.15, -0.1) is 0 Å². The first-order valence-corrected chi connectivity index (χ1v) is 9.47. The molecule has 0 radical (unpaired) electrons. The van der Waals surface area contributed by atoms with Crippen LogP contribution < -0.4 is 10.2 Å². The Balaban J connectivity index is 1.44. The molecule has 142 valence electrons. The highest BCUT2D eigenvalue weighted by Crippen LogP contribution is 2.31. The van der Waals surface area contributed by atoms with Crippen LogP contribution in [0.2, 0.25) is 0 Å². The molecule has 1 N–H and O–H groups in total. The highest BCUT2D eigenvalue weighted by molar-refractivity contribution is 5.91. The maximum absolute atomic E-state index is 12.6. The third-order valence-electron chi connectivity index (χ3n) is 5.20. The number of carbonyl (C=O) groups is 1. The van der Waals surface area contributed by atoms with Gasteiger partial charge in [-0.2, -0.15) is 4.98 Å². The molecule has 3 aliphatic rings. The molecule has 9 heteroatoms. The molecule has 2 aromatic heterocycles. The quantitative estimate of drug-likeness (QED) is 0.854. The molecule has 27 heavy (non-hydrogen) atoms. The molecule has 4 heterocycles. The summed E-state index contributed by atoms with van der Waals surface area (Å²) in [6, 6.07) is 2.07. The summed E-state index contributed by atoms with van der Waals surface area (Å²) in [6.07, 6.45) is 4.51. The Bertz CT molecular complexity index is 830. The molecule has 1 amide bonds. The van der Waals surface area contributed by atoms with Crippen molar-refractivity contribution in [3.63, 3.8) is 0 Å². The van der Waals surface area contributed by atoms with E-state index in [2.05, 4.69) is 15.4 Å². The Kier molecular flexibility index (Phi) is 4.16. The number of rotatable bonds is 4. The largest absolute Gasteiger partial charge is 0.378 e. The van der Waals surface area contributed by atoms with Crippen LogP contribution in [0, 0.1) is 0 Å². The second-order valence-corrected chi connectivity index (χ2v) is 7.17. The first kappa shape index (κ1) is 16.5. The van der Waals surface area contributed by atoms with E-state index >= 15 is 0 Å². The number of anilines is 2. The van der Waals surface area contributed by atoms with Gasteiger partial charge >= 0.3 is 0 Å². The molecule has 1 saturated heterocycles. The van der Waals surface area contributed by atoms with Crippen molar-refractivity contribution >= 4 is 17.7 Å². The van der Waals surface area contributed by atoms with Gasteiger partial charge in [0, 0.05) is 43.7 Å². The van der Waals surface area contributed by atoms with Crippen molar-refractivity contribution in [1.82, 2.24) is 20.0 Å². The minimum atomic E-state index is -0.146. The summed E-state index contributed by atoms with van der Waals surface area (Å²) in [4.78, 5) is 26.2. The summed E-state index contributed by atoms with van der Waals surface area (Å²) in [5.41, 5.74) is 2.04. The van der Waals surface area contributed by atoms with Gasteiger partial charge in [-0.3, -0.25) is 4.79 Å². The highest BCUT2D eigenvalue weighted by Gasteiger charge is 2.31. The molecule has 1 saturated carbocycles. The molecular weight excluding hydrogens is 348 g/mol. The van der Waals surface area contributed by atoms with Crippen molar-refractivity contribution < 1.29 is 14.1 Å². The molecule has 5 rings (SSSR count). The van der Waals surface area contributed by atoms with E-state index in [1.807, 2.05) is 0 Å². The van der Waals surface area contributed by atoms with Gasteiger partial charge in [-0.25, -0.2) is 4.98 Å². The van der Waals surface area contributed by atoms with Gasteiger partial charge in [-0.1, -0.05) is 5.16 Å². The minimum absolute atomic E-state index is 0.146. The zero-order valence-corrected chi connectivity index (χ0v) is 15.1. The molecule has 9 nitrogen and oxygen atoms in total. The van der Waals surface area contributed by atoms with Gasteiger partial charge in [0.25, 0.3) is 5.91 Å². The van der Waals surface area contributed by atoms with Crippen LogP contribution in [0.25, 0.3) is 0 Å². The molecule has 0 aromatic carbocycles. The summed E-state index contributed by atoms with van der Waals surface area (Å²) in [5.74, 6) is 1.74. The third-order valence-corrected chi connectivity index (χ3v) is 5.20. The number of carbonyl (C=O) groups excluding carboxylic acids is 1. The first-order chi connectivity index (χ1) is 13.3. The smallest absolute Gasteiger partial charge is 0.292 e. The lowest BCUT2D eigenvalue weighted by Gasteiger charge is -2.32. The lowest BCUT2D eigenvalue weighted by atomic mass is 10.1. The predicted molar refractivity (Wildman–Crippen MR) is 96.7 cm³/mol. The fraction of sp³-hybridized carbons (Fsp3) is 0.556. The molecule has 0 unspecified atom stereocenters. The standard InChI is InChI=1S/C18H22N6O3/c25-17(15-3-5-19-27-15)24-6-4-14-13(11-24)16(20-12-1-2-12)22-18(21-14)23-7-9-26-10-8-23/h3,5,12H,1-2,4,6-11H2,(H,20,21,22). The second-order valence-electron chi connectivity index (χ2n) is 7.17.